The molecule has 1 aromatic heterocycles. The first kappa shape index (κ1) is 18.1. The highest BCUT2D eigenvalue weighted by atomic mass is 35.5. The third-order valence-corrected chi connectivity index (χ3v) is 5.03. The van der Waals surface area contributed by atoms with Gasteiger partial charge >= 0.3 is 0 Å². The van der Waals surface area contributed by atoms with Crippen molar-refractivity contribution >= 4 is 34.2 Å². The number of nitrogens with two attached hydrogens (primary N) is 1. The Balaban J connectivity index is 2.15. The maximum Gasteiger partial charge on any atom is 0.127 e. The molecule has 0 amide bonds. The second-order valence-corrected chi connectivity index (χ2v) is 7.25. The summed E-state index contributed by atoms with van der Waals surface area (Å²) in [6.45, 7) is 4.79. The molecule has 3 aromatic rings. The summed E-state index contributed by atoms with van der Waals surface area (Å²) in [5.41, 5.74) is 9.23. The van der Waals surface area contributed by atoms with Gasteiger partial charge in [0, 0.05) is 6.54 Å². The third-order valence-electron chi connectivity index (χ3n) is 4.31. The third kappa shape index (κ3) is 3.61. The van der Waals surface area contributed by atoms with Crippen LogP contribution in [-0.4, -0.2) is 16.7 Å². The lowest BCUT2D eigenvalue weighted by Crippen LogP contribution is -2.22. The SMILES string of the molecule is COc1cccc(Cn2c([C@@H](N)C(C)C)nc3cc(Cl)c(Cl)cc32)c1. The topological polar surface area (TPSA) is 53.1 Å². The van der Waals surface area contributed by atoms with E-state index in [1.54, 1.807) is 13.2 Å². The van der Waals surface area contributed by atoms with Crippen LogP contribution >= 0.6 is 23.2 Å². The van der Waals surface area contributed by atoms with Crippen LogP contribution in [0.25, 0.3) is 11.0 Å². The molecule has 0 saturated heterocycles. The summed E-state index contributed by atoms with van der Waals surface area (Å²) in [5.74, 6) is 1.90. The van der Waals surface area contributed by atoms with Gasteiger partial charge in [0.05, 0.1) is 34.2 Å². The van der Waals surface area contributed by atoms with Crippen LogP contribution in [0.5, 0.6) is 5.75 Å². The van der Waals surface area contributed by atoms with Crippen LogP contribution in [0, 0.1) is 5.92 Å². The standard InChI is InChI=1S/C19H21Cl2N3O/c1-11(2)18(22)19-23-16-8-14(20)15(21)9-17(16)24(19)10-12-5-4-6-13(7-12)25-3/h4-9,11,18H,10,22H2,1-3H3/t18-/m0/s1. The van der Waals surface area contributed by atoms with Crippen LogP contribution in [0.2, 0.25) is 10.0 Å². The van der Waals surface area contributed by atoms with Gasteiger partial charge in [-0.15, -0.1) is 0 Å². The zero-order valence-corrected chi connectivity index (χ0v) is 16.0. The Bertz CT molecular complexity index is 905. The van der Waals surface area contributed by atoms with Crippen molar-refractivity contribution in [2.75, 3.05) is 7.11 Å². The lowest BCUT2D eigenvalue weighted by molar-refractivity contribution is 0.414. The molecule has 2 N–H and O–H groups in total. The molecule has 0 aliphatic carbocycles. The summed E-state index contributed by atoms with van der Waals surface area (Å²) in [4.78, 5) is 4.74. The maximum absolute atomic E-state index is 6.41. The molecule has 0 bridgehead atoms. The predicted molar refractivity (Wildman–Crippen MR) is 104 cm³/mol. The molecule has 2 aromatic carbocycles. The number of methoxy groups -OCH3 is 1. The molecule has 0 saturated carbocycles. The molecule has 0 spiro atoms. The number of fused-ring (bicyclic) bond motifs is 1. The minimum Gasteiger partial charge on any atom is -0.497 e. The van der Waals surface area contributed by atoms with Crippen LogP contribution in [0.15, 0.2) is 36.4 Å². The Hall–Kier alpha value is -1.75. The molecule has 4 nitrogen and oxygen atoms in total. The van der Waals surface area contributed by atoms with Crippen molar-refractivity contribution in [3.8, 4) is 5.75 Å². The van der Waals surface area contributed by atoms with E-state index in [2.05, 4.69) is 24.5 Å². The Morgan fingerprint density at radius 3 is 2.56 bits per heavy atom. The molecule has 25 heavy (non-hydrogen) atoms. The van der Waals surface area contributed by atoms with E-state index in [0.717, 1.165) is 28.2 Å². The van der Waals surface area contributed by atoms with Gasteiger partial charge in [0.15, 0.2) is 0 Å². The molecule has 0 fully saturated rings. The van der Waals surface area contributed by atoms with Crippen LogP contribution in [-0.2, 0) is 6.54 Å². The van der Waals surface area contributed by atoms with Crippen LogP contribution in [0.3, 0.4) is 0 Å². The Kier molecular flexibility index (Phi) is 5.23. The van der Waals surface area contributed by atoms with Crippen molar-refractivity contribution in [1.29, 1.82) is 0 Å². The highest BCUT2D eigenvalue weighted by Crippen LogP contribution is 2.31. The molecule has 1 atom stereocenters. The molecular formula is C19H21Cl2N3O. The van der Waals surface area contributed by atoms with Crippen LogP contribution in [0.4, 0.5) is 0 Å². The van der Waals surface area contributed by atoms with Crippen molar-refractivity contribution in [1.82, 2.24) is 9.55 Å². The fraction of sp³-hybridized carbons (Fsp3) is 0.316. The van der Waals surface area contributed by atoms with Crippen molar-refractivity contribution in [2.24, 2.45) is 11.7 Å². The van der Waals surface area contributed by atoms with Gasteiger partial charge in [0.25, 0.3) is 0 Å². The average Bonchev–Trinajstić information content (AvgIpc) is 2.92. The van der Waals surface area contributed by atoms with Gasteiger partial charge in [0.1, 0.15) is 11.6 Å². The van der Waals surface area contributed by atoms with Crippen molar-refractivity contribution in [2.45, 2.75) is 26.4 Å². The van der Waals surface area contributed by atoms with Gasteiger partial charge < -0.3 is 15.0 Å². The van der Waals surface area contributed by atoms with Crippen molar-refractivity contribution < 1.29 is 4.74 Å². The minimum absolute atomic E-state index is 0.185. The van der Waals surface area contributed by atoms with E-state index in [-0.39, 0.29) is 12.0 Å². The first-order valence-electron chi connectivity index (χ1n) is 8.14. The molecular weight excluding hydrogens is 357 g/mol. The average molecular weight is 378 g/mol. The Morgan fingerprint density at radius 1 is 1.16 bits per heavy atom. The predicted octanol–water partition coefficient (Wildman–Crippen LogP) is 5.06. The maximum atomic E-state index is 6.41. The quantitative estimate of drug-likeness (QED) is 0.676. The smallest absolute Gasteiger partial charge is 0.127 e. The highest BCUT2D eigenvalue weighted by molar-refractivity contribution is 6.42. The number of ether oxygens (including phenoxy) is 1. The van der Waals surface area contributed by atoms with Crippen LogP contribution < -0.4 is 10.5 Å². The first-order valence-corrected chi connectivity index (χ1v) is 8.90. The van der Waals surface area contributed by atoms with Gasteiger partial charge in [-0.3, -0.25) is 0 Å². The van der Waals surface area contributed by atoms with Crippen LogP contribution in [0.1, 0.15) is 31.3 Å². The summed E-state index contributed by atoms with van der Waals surface area (Å²) in [6.07, 6.45) is 0. The number of hydrogen-bond acceptors (Lipinski definition) is 3. The second-order valence-electron chi connectivity index (χ2n) is 6.43. The van der Waals surface area contributed by atoms with Gasteiger partial charge in [-0.1, -0.05) is 49.2 Å². The fourth-order valence-corrected chi connectivity index (χ4v) is 3.13. The molecule has 0 radical (unpaired) electrons. The fourth-order valence-electron chi connectivity index (χ4n) is 2.81. The monoisotopic (exact) mass is 377 g/mol. The largest absolute Gasteiger partial charge is 0.497 e. The van der Waals surface area contributed by atoms with Gasteiger partial charge in [-0.05, 0) is 35.7 Å². The van der Waals surface area contributed by atoms with E-state index in [1.165, 1.54) is 0 Å². The Labute approximate surface area is 157 Å². The van der Waals surface area contributed by atoms with Gasteiger partial charge in [-0.2, -0.15) is 0 Å². The second kappa shape index (κ2) is 7.24. The summed E-state index contributed by atoms with van der Waals surface area (Å²) >= 11 is 12.4. The highest BCUT2D eigenvalue weighted by Gasteiger charge is 2.21. The number of aromatic nitrogens is 2. The van der Waals surface area contributed by atoms with Gasteiger partial charge in [0.2, 0.25) is 0 Å². The zero-order chi connectivity index (χ0) is 18.1. The van der Waals surface area contributed by atoms with E-state index in [9.17, 15) is 0 Å². The summed E-state index contributed by atoms with van der Waals surface area (Å²) in [5, 5.41) is 0.996. The van der Waals surface area contributed by atoms with Crippen molar-refractivity contribution in [3.05, 3.63) is 57.8 Å². The molecule has 132 valence electrons. The van der Waals surface area contributed by atoms with E-state index in [1.807, 2.05) is 24.3 Å². The molecule has 0 aliphatic heterocycles. The number of rotatable bonds is 5. The minimum atomic E-state index is -0.185. The van der Waals surface area contributed by atoms with E-state index in [4.69, 9.17) is 38.7 Å². The normalized spacial score (nSPS) is 12.8. The molecule has 1 heterocycles. The molecule has 3 rings (SSSR count). The lowest BCUT2D eigenvalue weighted by Gasteiger charge is -2.18. The number of hydrogen-bond donors (Lipinski definition) is 1. The van der Waals surface area contributed by atoms with E-state index < -0.39 is 0 Å². The van der Waals surface area contributed by atoms with Crippen molar-refractivity contribution in [3.63, 3.8) is 0 Å². The number of benzene rings is 2. The molecule has 0 unspecified atom stereocenters. The number of nitrogens with zero attached hydrogens (tertiary/aromatic N) is 2. The summed E-state index contributed by atoms with van der Waals surface area (Å²) in [7, 11) is 1.66. The first-order chi connectivity index (χ1) is 11.9. The zero-order valence-electron chi connectivity index (χ0n) is 14.5. The van der Waals surface area contributed by atoms with E-state index >= 15 is 0 Å². The lowest BCUT2D eigenvalue weighted by atomic mass is 10.0. The number of halogens is 2. The van der Waals surface area contributed by atoms with E-state index in [0.29, 0.717) is 16.6 Å². The Morgan fingerprint density at radius 2 is 1.88 bits per heavy atom. The van der Waals surface area contributed by atoms with Gasteiger partial charge in [-0.25, -0.2) is 4.98 Å². The molecule has 6 heteroatoms. The summed E-state index contributed by atoms with van der Waals surface area (Å²) in [6, 6.07) is 11.4. The summed E-state index contributed by atoms with van der Waals surface area (Å²) < 4.78 is 7.43. The number of imidazole rings is 1. The molecule has 0 aliphatic rings.